The Bertz CT molecular complexity index is 226. The third-order valence-corrected chi connectivity index (χ3v) is 1.93. The van der Waals surface area contributed by atoms with Crippen molar-refractivity contribution in [2.75, 3.05) is 6.54 Å². The summed E-state index contributed by atoms with van der Waals surface area (Å²) in [5, 5.41) is 11.4. The summed E-state index contributed by atoms with van der Waals surface area (Å²) in [6, 6.07) is -0.528. The van der Waals surface area contributed by atoms with Gasteiger partial charge in [0.1, 0.15) is 11.8 Å². The number of rotatable bonds is 1. The highest BCUT2D eigenvalue weighted by Gasteiger charge is 2.39. The average molecular weight is 156 g/mol. The smallest absolute Gasteiger partial charge is 0.326 e. The van der Waals surface area contributed by atoms with E-state index in [0.29, 0.717) is 12.3 Å². The van der Waals surface area contributed by atoms with Gasteiger partial charge in [-0.3, -0.25) is 0 Å². The van der Waals surface area contributed by atoms with Gasteiger partial charge >= 0.3 is 5.97 Å². The van der Waals surface area contributed by atoms with Crippen LogP contribution in [0.4, 0.5) is 0 Å². The number of fused-ring (bicyclic) bond motifs is 1. The second-order valence-corrected chi connectivity index (χ2v) is 2.59. The first-order valence-corrected chi connectivity index (χ1v) is 3.37. The topological polar surface area (TPSA) is 70.6 Å². The zero-order valence-corrected chi connectivity index (χ0v) is 5.70. The Morgan fingerprint density at radius 3 is 3.36 bits per heavy atom. The summed E-state index contributed by atoms with van der Waals surface area (Å²) in [6.45, 7) is 0.565. The molecule has 60 valence electrons. The molecule has 2 unspecified atom stereocenters. The monoisotopic (exact) mass is 156 g/mol. The van der Waals surface area contributed by atoms with Gasteiger partial charge in [-0.2, -0.15) is 5.48 Å². The Hall–Kier alpha value is -1.23. The molecule has 2 atom stereocenters. The third kappa shape index (κ3) is 0.848. The molecule has 2 aliphatic rings. The van der Waals surface area contributed by atoms with Gasteiger partial charge < -0.3 is 15.3 Å². The van der Waals surface area contributed by atoms with Gasteiger partial charge in [-0.1, -0.05) is 0 Å². The summed E-state index contributed by atoms with van der Waals surface area (Å²) in [6.07, 6.45) is 1.60. The van der Waals surface area contributed by atoms with Crippen LogP contribution < -0.4 is 10.8 Å². The summed E-state index contributed by atoms with van der Waals surface area (Å²) >= 11 is 0. The predicted octanol–water partition coefficient (Wildman–Crippen LogP) is -0.965. The van der Waals surface area contributed by atoms with Crippen LogP contribution in [0.15, 0.2) is 12.0 Å². The quantitative estimate of drug-likeness (QED) is 0.456. The van der Waals surface area contributed by atoms with Crippen LogP contribution in [0.3, 0.4) is 0 Å². The first-order chi connectivity index (χ1) is 5.29. The van der Waals surface area contributed by atoms with Crippen molar-refractivity contribution in [1.29, 1.82) is 0 Å². The zero-order chi connectivity index (χ0) is 7.84. The van der Waals surface area contributed by atoms with Crippen LogP contribution in [0.2, 0.25) is 0 Å². The van der Waals surface area contributed by atoms with Crippen molar-refractivity contribution in [3.63, 3.8) is 0 Å². The molecular formula is C6H8N2O3. The van der Waals surface area contributed by atoms with Crippen LogP contribution in [0.5, 0.6) is 0 Å². The molecule has 0 bridgehead atoms. The minimum absolute atomic E-state index is 0.0486. The van der Waals surface area contributed by atoms with E-state index in [1.54, 1.807) is 6.20 Å². The van der Waals surface area contributed by atoms with E-state index >= 15 is 0 Å². The van der Waals surface area contributed by atoms with Gasteiger partial charge in [0.15, 0.2) is 0 Å². The summed E-state index contributed by atoms with van der Waals surface area (Å²) in [4.78, 5) is 15.5. The van der Waals surface area contributed by atoms with Crippen LogP contribution in [0.1, 0.15) is 0 Å². The van der Waals surface area contributed by atoms with E-state index in [2.05, 4.69) is 10.8 Å². The van der Waals surface area contributed by atoms with Crippen molar-refractivity contribution in [1.82, 2.24) is 10.8 Å². The number of carboxylic acids is 1. The fraction of sp³-hybridized carbons (Fsp3) is 0.500. The highest BCUT2D eigenvalue weighted by Crippen LogP contribution is 2.25. The number of hydrogen-bond donors (Lipinski definition) is 3. The van der Waals surface area contributed by atoms with Crippen LogP contribution in [0.25, 0.3) is 0 Å². The molecule has 5 nitrogen and oxygen atoms in total. The molecule has 2 rings (SSSR count). The second-order valence-electron chi connectivity index (χ2n) is 2.59. The minimum Gasteiger partial charge on any atom is -0.480 e. The summed E-state index contributed by atoms with van der Waals surface area (Å²) in [5.74, 6) is -0.196. The molecule has 1 saturated heterocycles. The summed E-state index contributed by atoms with van der Waals surface area (Å²) in [5.41, 5.74) is 2.64. The highest BCUT2D eigenvalue weighted by atomic mass is 16.7. The Morgan fingerprint density at radius 1 is 1.82 bits per heavy atom. The Balaban J connectivity index is 2.15. The van der Waals surface area contributed by atoms with E-state index in [0.717, 1.165) is 0 Å². The van der Waals surface area contributed by atoms with Gasteiger partial charge in [0, 0.05) is 12.7 Å². The Morgan fingerprint density at radius 2 is 2.64 bits per heavy atom. The van der Waals surface area contributed by atoms with E-state index in [1.807, 2.05) is 0 Å². The number of aliphatic carboxylic acids is 1. The van der Waals surface area contributed by atoms with Crippen molar-refractivity contribution in [3.8, 4) is 0 Å². The molecule has 3 N–H and O–H groups in total. The normalized spacial score (nSPS) is 33.6. The van der Waals surface area contributed by atoms with Crippen molar-refractivity contribution >= 4 is 5.97 Å². The van der Waals surface area contributed by atoms with Gasteiger partial charge in [0.05, 0.1) is 5.92 Å². The highest BCUT2D eigenvalue weighted by molar-refractivity contribution is 5.75. The van der Waals surface area contributed by atoms with Crippen molar-refractivity contribution < 1.29 is 14.7 Å². The van der Waals surface area contributed by atoms with Crippen LogP contribution in [0, 0.1) is 5.92 Å². The first kappa shape index (κ1) is 6.48. The predicted molar refractivity (Wildman–Crippen MR) is 35.2 cm³/mol. The fourth-order valence-electron chi connectivity index (χ4n) is 1.34. The number of nitrogens with one attached hydrogen (secondary N) is 2. The minimum atomic E-state index is -0.839. The van der Waals surface area contributed by atoms with E-state index in [9.17, 15) is 4.79 Å². The molecule has 0 amide bonds. The lowest BCUT2D eigenvalue weighted by atomic mass is 10.0. The third-order valence-electron chi connectivity index (χ3n) is 1.93. The van der Waals surface area contributed by atoms with Gasteiger partial charge in [-0.25, -0.2) is 4.79 Å². The fourth-order valence-corrected chi connectivity index (χ4v) is 1.34. The first-order valence-electron chi connectivity index (χ1n) is 3.37. The number of carbonyl (C=O) groups is 1. The molecule has 2 heterocycles. The molecule has 0 aromatic rings. The van der Waals surface area contributed by atoms with E-state index in [1.165, 1.54) is 0 Å². The number of hydrogen-bond acceptors (Lipinski definition) is 4. The van der Waals surface area contributed by atoms with E-state index in [4.69, 9.17) is 9.94 Å². The zero-order valence-electron chi connectivity index (χ0n) is 5.70. The molecule has 0 spiro atoms. The van der Waals surface area contributed by atoms with Crippen LogP contribution >= 0.6 is 0 Å². The largest absolute Gasteiger partial charge is 0.480 e. The molecule has 0 aromatic carbocycles. The average Bonchev–Trinajstić information content (AvgIpc) is 2.41. The van der Waals surface area contributed by atoms with Crippen LogP contribution in [-0.4, -0.2) is 23.7 Å². The van der Waals surface area contributed by atoms with Crippen molar-refractivity contribution in [2.45, 2.75) is 6.04 Å². The lowest BCUT2D eigenvalue weighted by Crippen LogP contribution is -2.37. The maximum Gasteiger partial charge on any atom is 0.326 e. The molecule has 0 saturated carbocycles. The van der Waals surface area contributed by atoms with E-state index < -0.39 is 12.0 Å². The second kappa shape index (κ2) is 2.13. The molecule has 0 radical (unpaired) electrons. The molecule has 0 aliphatic carbocycles. The standard InChI is InChI=1S/C6H8N2O3/c9-6(10)5-3-1-8-11-4(3)2-7-5/h2-3,5,7-8H,1H2,(H,9,10). The molecule has 0 aromatic heterocycles. The van der Waals surface area contributed by atoms with Gasteiger partial charge in [0.2, 0.25) is 0 Å². The number of carboxylic acid groups (broad SMARTS) is 1. The van der Waals surface area contributed by atoms with Gasteiger partial charge in [-0.15, -0.1) is 0 Å². The van der Waals surface area contributed by atoms with E-state index in [-0.39, 0.29) is 5.92 Å². The molecular weight excluding hydrogens is 148 g/mol. The lowest BCUT2D eigenvalue weighted by molar-refractivity contribution is -0.139. The van der Waals surface area contributed by atoms with Crippen LogP contribution in [-0.2, 0) is 9.63 Å². The Labute approximate surface area is 63.0 Å². The number of hydroxylamine groups is 1. The summed E-state index contributed by atoms with van der Waals surface area (Å²) < 4.78 is 0. The lowest BCUT2D eigenvalue weighted by Gasteiger charge is -2.09. The Kier molecular flexibility index (Phi) is 1.25. The molecule has 5 heteroatoms. The molecule has 1 fully saturated rings. The van der Waals surface area contributed by atoms with Crippen molar-refractivity contribution in [2.24, 2.45) is 5.92 Å². The maximum atomic E-state index is 10.6. The molecule has 2 aliphatic heterocycles. The van der Waals surface area contributed by atoms with Crippen molar-refractivity contribution in [3.05, 3.63) is 12.0 Å². The van der Waals surface area contributed by atoms with Gasteiger partial charge in [0.25, 0.3) is 0 Å². The SMILES string of the molecule is O=C(O)C1NC=C2ONCC21. The maximum absolute atomic E-state index is 10.6. The molecule has 11 heavy (non-hydrogen) atoms. The summed E-state index contributed by atoms with van der Waals surface area (Å²) in [7, 11) is 0. The van der Waals surface area contributed by atoms with Gasteiger partial charge in [-0.05, 0) is 0 Å².